The summed E-state index contributed by atoms with van der Waals surface area (Å²) in [6.07, 6.45) is 5.43. The van der Waals surface area contributed by atoms with Crippen LogP contribution in [0.4, 0.5) is 0 Å². The Morgan fingerprint density at radius 1 is 0.882 bits per heavy atom. The predicted molar refractivity (Wildman–Crippen MR) is 81.6 cm³/mol. The van der Waals surface area contributed by atoms with Gasteiger partial charge in [0.1, 0.15) is 0 Å². The van der Waals surface area contributed by atoms with Crippen LogP contribution >= 0.6 is 7.92 Å². The Morgan fingerprint density at radius 2 is 1.35 bits per heavy atom. The molecule has 0 aliphatic carbocycles. The molecule has 1 aromatic carbocycles. The molecule has 0 N–H and O–H groups in total. The highest BCUT2D eigenvalue weighted by molar-refractivity contribution is 7.65. The molecule has 17 heavy (non-hydrogen) atoms. The van der Waals surface area contributed by atoms with Crippen molar-refractivity contribution in [2.75, 3.05) is 12.3 Å². The van der Waals surface area contributed by atoms with Crippen molar-refractivity contribution in [2.45, 2.75) is 40.5 Å². The Bertz CT molecular complexity index is 282. The zero-order chi connectivity index (χ0) is 12.7. The maximum absolute atomic E-state index is 2.40. The zero-order valence-electron chi connectivity index (χ0n) is 11.8. The van der Waals surface area contributed by atoms with Crippen molar-refractivity contribution < 1.29 is 0 Å². The first kappa shape index (κ1) is 14.7. The molecule has 0 radical (unpaired) electrons. The lowest BCUT2D eigenvalue weighted by atomic mass is 10.2. The third kappa shape index (κ3) is 5.21. The van der Waals surface area contributed by atoms with Crippen molar-refractivity contribution in [3.63, 3.8) is 0 Å². The molecular formula is C16H27P. The van der Waals surface area contributed by atoms with Gasteiger partial charge in [-0.1, -0.05) is 78.8 Å². The lowest BCUT2D eigenvalue weighted by Crippen LogP contribution is -2.13. The smallest absolute Gasteiger partial charge is 0.0240 e. The van der Waals surface area contributed by atoms with Crippen molar-refractivity contribution in [1.82, 2.24) is 0 Å². The van der Waals surface area contributed by atoms with Crippen LogP contribution < -0.4 is 5.30 Å². The molecule has 0 heterocycles. The van der Waals surface area contributed by atoms with E-state index in [1.54, 1.807) is 5.30 Å². The summed E-state index contributed by atoms with van der Waals surface area (Å²) in [6.45, 7) is 9.42. The fourth-order valence-corrected chi connectivity index (χ4v) is 5.12. The molecule has 0 nitrogen and oxygen atoms in total. The van der Waals surface area contributed by atoms with E-state index < -0.39 is 0 Å². The zero-order valence-corrected chi connectivity index (χ0v) is 12.7. The standard InChI is InChI=1S/C16H27P/c1-5-14(3)12-17(13-15(4)6-2)16-10-8-7-9-11-16/h7-11,14-15H,5-6,12-13H2,1-4H3. The Hall–Kier alpha value is -0.350. The fraction of sp³-hybridized carbons (Fsp3) is 0.625. The van der Waals surface area contributed by atoms with Gasteiger partial charge in [0.2, 0.25) is 0 Å². The van der Waals surface area contributed by atoms with E-state index in [1.807, 2.05) is 0 Å². The summed E-state index contributed by atoms with van der Waals surface area (Å²) in [4.78, 5) is 0. The molecule has 0 amide bonds. The van der Waals surface area contributed by atoms with Gasteiger partial charge in [0.05, 0.1) is 0 Å². The second-order valence-corrected chi connectivity index (χ2v) is 7.59. The normalized spacial score (nSPS) is 16.5. The van der Waals surface area contributed by atoms with Crippen molar-refractivity contribution in [1.29, 1.82) is 0 Å². The summed E-state index contributed by atoms with van der Waals surface area (Å²) >= 11 is 0. The second kappa shape index (κ2) is 7.88. The molecule has 0 aromatic heterocycles. The van der Waals surface area contributed by atoms with Crippen LogP contribution in [0.2, 0.25) is 0 Å². The van der Waals surface area contributed by atoms with E-state index in [9.17, 15) is 0 Å². The van der Waals surface area contributed by atoms with E-state index in [2.05, 4.69) is 58.0 Å². The van der Waals surface area contributed by atoms with Gasteiger partial charge >= 0.3 is 0 Å². The summed E-state index contributed by atoms with van der Waals surface area (Å²) in [5.41, 5.74) is 0. The van der Waals surface area contributed by atoms with Crippen LogP contribution in [-0.4, -0.2) is 12.3 Å². The average molecular weight is 250 g/mol. The molecule has 1 aromatic rings. The molecule has 1 rings (SSSR count). The summed E-state index contributed by atoms with van der Waals surface area (Å²) in [5.74, 6) is 1.73. The lowest BCUT2D eigenvalue weighted by molar-refractivity contribution is 0.615. The SMILES string of the molecule is CCC(C)CP(CC(C)CC)c1ccccc1. The second-order valence-electron chi connectivity index (χ2n) is 5.27. The van der Waals surface area contributed by atoms with E-state index in [0.29, 0.717) is 0 Å². The molecule has 0 saturated carbocycles. The minimum Gasteiger partial charge on any atom is -0.0748 e. The van der Waals surface area contributed by atoms with Crippen LogP contribution in [0.15, 0.2) is 30.3 Å². The van der Waals surface area contributed by atoms with Crippen molar-refractivity contribution in [3.05, 3.63) is 30.3 Å². The van der Waals surface area contributed by atoms with Crippen LogP contribution in [0.25, 0.3) is 0 Å². The molecular weight excluding hydrogens is 223 g/mol. The fourth-order valence-electron chi connectivity index (χ4n) is 1.93. The molecule has 0 aliphatic heterocycles. The van der Waals surface area contributed by atoms with Gasteiger partial charge in [-0.2, -0.15) is 0 Å². The van der Waals surface area contributed by atoms with Gasteiger partial charge in [-0.3, -0.25) is 0 Å². The van der Waals surface area contributed by atoms with Gasteiger partial charge in [0.15, 0.2) is 0 Å². The molecule has 96 valence electrons. The van der Waals surface area contributed by atoms with E-state index in [-0.39, 0.29) is 7.92 Å². The summed E-state index contributed by atoms with van der Waals surface area (Å²) in [7, 11) is 0.0538. The van der Waals surface area contributed by atoms with Gasteiger partial charge in [0, 0.05) is 0 Å². The Kier molecular flexibility index (Phi) is 6.82. The quantitative estimate of drug-likeness (QED) is 0.605. The van der Waals surface area contributed by atoms with Crippen molar-refractivity contribution >= 4 is 13.2 Å². The summed E-state index contributed by atoms with van der Waals surface area (Å²) < 4.78 is 0. The third-order valence-electron chi connectivity index (χ3n) is 3.58. The predicted octanol–water partition coefficient (Wildman–Crippen LogP) is 4.89. The van der Waals surface area contributed by atoms with Crippen LogP contribution in [0.3, 0.4) is 0 Å². The van der Waals surface area contributed by atoms with Crippen molar-refractivity contribution in [3.8, 4) is 0 Å². The Morgan fingerprint density at radius 3 is 1.76 bits per heavy atom. The highest BCUT2D eigenvalue weighted by Gasteiger charge is 2.16. The number of rotatable bonds is 7. The molecule has 1 heteroatoms. The Labute approximate surface area is 109 Å². The minimum atomic E-state index is 0.0538. The number of benzene rings is 1. The van der Waals surface area contributed by atoms with Gasteiger partial charge in [0.25, 0.3) is 0 Å². The van der Waals surface area contributed by atoms with E-state index in [4.69, 9.17) is 0 Å². The lowest BCUT2D eigenvalue weighted by Gasteiger charge is -2.24. The monoisotopic (exact) mass is 250 g/mol. The van der Waals surface area contributed by atoms with Gasteiger partial charge in [-0.05, 0) is 29.5 Å². The molecule has 0 spiro atoms. The van der Waals surface area contributed by atoms with Gasteiger partial charge in [-0.25, -0.2) is 0 Å². The maximum Gasteiger partial charge on any atom is -0.0240 e. The summed E-state index contributed by atoms with van der Waals surface area (Å²) in [6, 6.07) is 11.2. The van der Waals surface area contributed by atoms with E-state index in [1.165, 1.54) is 25.2 Å². The summed E-state index contributed by atoms with van der Waals surface area (Å²) in [5, 5.41) is 1.60. The molecule has 2 unspecified atom stereocenters. The number of hydrogen-bond donors (Lipinski definition) is 0. The highest BCUT2D eigenvalue weighted by atomic mass is 31.1. The first-order valence-corrected chi connectivity index (χ1v) is 8.68. The van der Waals surface area contributed by atoms with E-state index >= 15 is 0 Å². The molecule has 0 aliphatic rings. The molecule has 0 saturated heterocycles. The van der Waals surface area contributed by atoms with Crippen LogP contribution in [0.1, 0.15) is 40.5 Å². The highest BCUT2D eigenvalue weighted by Crippen LogP contribution is 2.39. The topological polar surface area (TPSA) is 0 Å². The van der Waals surface area contributed by atoms with Crippen LogP contribution in [-0.2, 0) is 0 Å². The van der Waals surface area contributed by atoms with Crippen LogP contribution in [0, 0.1) is 11.8 Å². The maximum atomic E-state index is 2.40. The average Bonchev–Trinajstić information content (AvgIpc) is 2.38. The van der Waals surface area contributed by atoms with E-state index in [0.717, 1.165) is 11.8 Å². The third-order valence-corrected chi connectivity index (χ3v) is 6.74. The first-order valence-electron chi connectivity index (χ1n) is 6.97. The molecule has 2 atom stereocenters. The van der Waals surface area contributed by atoms with Gasteiger partial charge < -0.3 is 0 Å². The van der Waals surface area contributed by atoms with Crippen LogP contribution in [0.5, 0.6) is 0 Å². The van der Waals surface area contributed by atoms with Crippen molar-refractivity contribution in [2.24, 2.45) is 11.8 Å². The largest absolute Gasteiger partial charge is 0.0748 e. The Balaban J connectivity index is 2.72. The number of hydrogen-bond acceptors (Lipinski definition) is 0. The first-order chi connectivity index (χ1) is 8.17. The molecule has 0 fully saturated rings. The molecule has 0 bridgehead atoms. The minimum absolute atomic E-state index is 0.0538. The van der Waals surface area contributed by atoms with Gasteiger partial charge in [-0.15, -0.1) is 0 Å².